The Morgan fingerprint density at radius 2 is 1.58 bits per heavy atom. The van der Waals surface area contributed by atoms with Gasteiger partial charge in [0, 0.05) is 11.6 Å². The second-order valence-corrected chi connectivity index (χ2v) is 9.49. The number of halogens is 1. The molecule has 0 unspecified atom stereocenters. The molecule has 1 amide bonds. The zero-order chi connectivity index (χ0) is 23.8. The van der Waals surface area contributed by atoms with Gasteiger partial charge in [-0.2, -0.15) is 4.31 Å². The van der Waals surface area contributed by atoms with Crippen LogP contribution in [0.25, 0.3) is 0 Å². The van der Waals surface area contributed by atoms with Crippen LogP contribution in [0, 0.1) is 0 Å². The number of esters is 1. The summed E-state index contributed by atoms with van der Waals surface area (Å²) in [6.45, 7) is -0.353. The van der Waals surface area contributed by atoms with E-state index in [4.69, 9.17) is 16.3 Å². The minimum absolute atomic E-state index is 0.0303. The van der Waals surface area contributed by atoms with E-state index in [0.717, 1.165) is 9.87 Å². The second-order valence-electron chi connectivity index (χ2n) is 7.11. The number of rotatable bonds is 9. The molecule has 3 rings (SSSR count). The van der Waals surface area contributed by atoms with E-state index in [-0.39, 0.29) is 22.7 Å². The number of hydrogen-bond acceptors (Lipinski definition) is 5. The van der Waals surface area contributed by atoms with Crippen molar-refractivity contribution in [2.45, 2.75) is 11.3 Å². The van der Waals surface area contributed by atoms with Gasteiger partial charge in [0.2, 0.25) is 15.9 Å². The van der Waals surface area contributed by atoms with Gasteiger partial charge in [0.1, 0.15) is 0 Å². The number of carbonyl (C=O) groups excluding carboxylic acids is 2. The molecule has 9 heteroatoms. The highest BCUT2D eigenvalue weighted by Gasteiger charge is 2.27. The lowest BCUT2D eigenvalue weighted by Gasteiger charge is -2.22. The summed E-state index contributed by atoms with van der Waals surface area (Å²) in [7, 11) is -2.74. The standard InChI is InChI=1S/C24H23ClN2O5S/c1-32-24(29)21-9-5-6-10-22(21)26-23(28)17-27(16-15-18-7-3-2-4-8-18)33(30,31)20-13-11-19(25)12-14-20/h2-14H,15-17H2,1H3,(H,26,28). The number of amides is 1. The van der Waals surface area contributed by atoms with Crippen LogP contribution in [0.1, 0.15) is 15.9 Å². The molecule has 0 radical (unpaired) electrons. The molecule has 1 N–H and O–H groups in total. The third-order valence-electron chi connectivity index (χ3n) is 4.87. The maximum Gasteiger partial charge on any atom is 0.339 e. The Labute approximate surface area is 198 Å². The Morgan fingerprint density at radius 3 is 2.24 bits per heavy atom. The monoisotopic (exact) mass is 486 g/mol. The Kier molecular flexibility index (Phi) is 8.21. The van der Waals surface area contributed by atoms with Crippen molar-refractivity contribution in [2.75, 3.05) is 25.5 Å². The van der Waals surface area contributed by atoms with E-state index in [1.165, 1.54) is 37.4 Å². The minimum atomic E-state index is -3.98. The number of anilines is 1. The van der Waals surface area contributed by atoms with Crippen LogP contribution in [0.15, 0.2) is 83.8 Å². The molecule has 0 spiro atoms. The lowest BCUT2D eigenvalue weighted by atomic mass is 10.1. The van der Waals surface area contributed by atoms with Crippen molar-refractivity contribution in [1.82, 2.24) is 4.31 Å². The molecule has 3 aromatic rings. The van der Waals surface area contributed by atoms with Crippen molar-refractivity contribution in [1.29, 1.82) is 0 Å². The minimum Gasteiger partial charge on any atom is -0.465 e. The third-order valence-corrected chi connectivity index (χ3v) is 6.98. The second kappa shape index (κ2) is 11.1. The van der Waals surface area contributed by atoms with E-state index < -0.39 is 28.4 Å². The Balaban J connectivity index is 1.84. The van der Waals surface area contributed by atoms with Gasteiger partial charge in [0.15, 0.2) is 0 Å². The number of ether oxygens (including phenoxy) is 1. The number of sulfonamides is 1. The lowest BCUT2D eigenvalue weighted by molar-refractivity contribution is -0.116. The molecule has 33 heavy (non-hydrogen) atoms. The molecule has 0 heterocycles. The van der Waals surface area contributed by atoms with Gasteiger partial charge >= 0.3 is 5.97 Å². The van der Waals surface area contributed by atoms with Gasteiger partial charge in [-0.25, -0.2) is 13.2 Å². The highest BCUT2D eigenvalue weighted by atomic mass is 35.5. The topological polar surface area (TPSA) is 92.8 Å². The van der Waals surface area contributed by atoms with Gasteiger partial charge in [0.25, 0.3) is 0 Å². The molecule has 0 aliphatic carbocycles. The van der Waals surface area contributed by atoms with E-state index >= 15 is 0 Å². The van der Waals surface area contributed by atoms with Crippen LogP contribution < -0.4 is 5.32 Å². The van der Waals surface area contributed by atoms with Crippen LogP contribution in [0.3, 0.4) is 0 Å². The first-order valence-electron chi connectivity index (χ1n) is 10.1. The molecule has 0 bridgehead atoms. The van der Waals surface area contributed by atoms with E-state index in [1.807, 2.05) is 30.3 Å². The predicted octanol–water partition coefficient (Wildman–Crippen LogP) is 4.00. The van der Waals surface area contributed by atoms with E-state index in [2.05, 4.69) is 5.32 Å². The Hall–Kier alpha value is -3.20. The Morgan fingerprint density at radius 1 is 0.939 bits per heavy atom. The van der Waals surface area contributed by atoms with Crippen molar-refractivity contribution in [3.05, 3.63) is 95.0 Å². The van der Waals surface area contributed by atoms with Crippen LogP contribution in [-0.4, -0.2) is 44.8 Å². The zero-order valence-corrected chi connectivity index (χ0v) is 19.5. The van der Waals surface area contributed by atoms with Gasteiger partial charge in [-0.05, 0) is 48.4 Å². The number of nitrogens with zero attached hydrogens (tertiary/aromatic N) is 1. The number of hydrogen-bond donors (Lipinski definition) is 1. The SMILES string of the molecule is COC(=O)c1ccccc1NC(=O)CN(CCc1ccccc1)S(=O)(=O)c1ccc(Cl)cc1. The highest BCUT2D eigenvalue weighted by molar-refractivity contribution is 7.89. The van der Waals surface area contributed by atoms with E-state index in [9.17, 15) is 18.0 Å². The van der Waals surface area contributed by atoms with Crippen molar-refractivity contribution in [2.24, 2.45) is 0 Å². The number of nitrogens with one attached hydrogen (secondary N) is 1. The molecular weight excluding hydrogens is 464 g/mol. The third kappa shape index (κ3) is 6.41. The van der Waals surface area contributed by atoms with Crippen molar-refractivity contribution >= 4 is 39.2 Å². The molecular formula is C24H23ClN2O5S. The lowest BCUT2D eigenvalue weighted by Crippen LogP contribution is -2.39. The Bertz CT molecular complexity index is 1220. The predicted molar refractivity (Wildman–Crippen MR) is 127 cm³/mol. The fourth-order valence-corrected chi connectivity index (χ4v) is 4.69. The smallest absolute Gasteiger partial charge is 0.339 e. The number of methoxy groups -OCH3 is 1. The molecule has 7 nitrogen and oxygen atoms in total. The van der Waals surface area contributed by atoms with Gasteiger partial charge in [-0.1, -0.05) is 54.1 Å². The molecule has 0 aliphatic rings. The summed E-state index contributed by atoms with van der Waals surface area (Å²) >= 11 is 5.90. The maximum atomic E-state index is 13.3. The van der Waals surface area contributed by atoms with Crippen LogP contribution in [-0.2, 0) is 26.0 Å². The van der Waals surface area contributed by atoms with Gasteiger partial charge in [-0.15, -0.1) is 0 Å². The molecule has 0 saturated carbocycles. The summed E-state index contributed by atoms with van der Waals surface area (Å²) in [6, 6.07) is 21.5. The first-order valence-corrected chi connectivity index (χ1v) is 11.9. The fourth-order valence-electron chi connectivity index (χ4n) is 3.17. The van der Waals surface area contributed by atoms with Gasteiger partial charge in [-0.3, -0.25) is 4.79 Å². The first-order chi connectivity index (χ1) is 15.8. The van der Waals surface area contributed by atoms with E-state index in [0.29, 0.717) is 11.4 Å². The summed E-state index contributed by atoms with van der Waals surface area (Å²) in [5.41, 5.74) is 1.34. The normalized spacial score (nSPS) is 11.2. The first kappa shape index (κ1) is 24.4. The maximum absolute atomic E-state index is 13.3. The van der Waals surface area contributed by atoms with Crippen molar-refractivity contribution < 1.29 is 22.7 Å². The number of benzene rings is 3. The zero-order valence-electron chi connectivity index (χ0n) is 17.9. The molecule has 3 aromatic carbocycles. The van der Waals surface area contributed by atoms with Crippen LogP contribution in [0.5, 0.6) is 0 Å². The summed E-state index contributed by atoms with van der Waals surface area (Å²) in [6.07, 6.45) is 0.416. The van der Waals surface area contributed by atoms with Crippen LogP contribution in [0.4, 0.5) is 5.69 Å². The van der Waals surface area contributed by atoms with Crippen molar-refractivity contribution in [3.8, 4) is 0 Å². The number of para-hydroxylation sites is 1. The molecule has 0 atom stereocenters. The molecule has 0 saturated heterocycles. The summed E-state index contributed by atoms with van der Waals surface area (Å²) in [5, 5.41) is 3.02. The molecule has 0 aliphatic heterocycles. The van der Waals surface area contributed by atoms with E-state index in [1.54, 1.807) is 18.2 Å². The summed E-state index contributed by atoms with van der Waals surface area (Å²) in [5.74, 6) is -1.20. The van der Waals surface area contributed by atoms with Gasteiger partial charge < -0.3 is 10.1 Å². The molecule has 172 valence electrons. The summed E-state index contributed by atoms with van der Waals surface area (Å²) < 4.78 is 32.5. The van der Waals surface area contributed by atoms with Crippen LogP contribution >= 0.6 is 11.6 Å². The van der Waals surface area contributed by atoms with Crippen molar-refractivity contribution in [3.63, 3.8) is 0 Å². The van der Waals surface area contributed by atoms with Crippen LogP contribution in [0.2, 0.25) is 5.02 Å². The fraction of sp³-hybridized carbons (Fsp3) is 0.167. The average molecular weight is 487 g/mol. The average Bonchev–Trinajstić information content (AvgIpc) is 2.82. The largest absolute Gasteiger partial charge is 0.465 e. The quantitative estimate of drug-likeness (QED) is 0.461. The summed E-state index contributed by atoms with van der Waals surface area (Å²) in [4.78, 5) is 24.8. The molecule has 0 aromatic heterocycles. The molecule has 0 fully saturated rings. The number of carbonyl (C=O) groups is 2. The highest BCUT2D eigenvalue weighted by Crippen LogP contribution is 2.20. The van der Waals surface area contributed by atoms with Gasteiger partial charge in [0.05, 0.1) is 29.8 Å².